The number of fused-ring (bicyclic) bond motifs is 1. The van der Waals surface area contributed by atoms with Crippen molar-refractivity contribution in [3.63, 3.8) is 0 Å². The SMILES string of the molecule is c1scc2c1CNCCO2. The van der Waals surface area contributed by atoms with E-state index in [1.165, 1.54) is 5.56 Å². The van der Waals surface area contributed by atoms with Crippen LogP contribution in [0.3, 0.4) is 0 Å². The van der Waals surface area contributed by atoms with Gasteiger partial charge in [0, 0.05) is 24.0 Å². The van der Waals surface area contributed by atoms with Gasteiger partial charge in [0.15, 0.2) is 0 Å². The van der Waals surface area contributed by atoms with Crippen LogP contribution in [0.15, 0.2) is 10.8 Å². The van der Waals surface area contributed by atoms with Crippen LogP contribution < -0.4 is 10.1 Å². The highest BCUT2D eigenvalue weighted by Crippen LogP contribution is 2.24. The lowest BCUT2D eigenvalue weighted by molar-refractivity contribution is 0.327. The first-order valence-corrected chi connectivity index (χ1v) is 4.30. The Kier molecular flexibility index (Phi) is 1.61. The zero-order valence-corrected chi connectivity index (χ0v) is 6.41. The Balaban J connectivity index is 2.28. The summed E-state index contributed by atoms with van der Waals surface area (Å²) in [6, 6.07) is 0. The lowest BCUT2D eigenvalue weighted by Crippen LogP contribution is -2.16. The lowest BCUT2D eigenvalue weighted by atomic mass is 10.3. The van der Waals surface area contributed by atoms with Crippen molar-refractivity contribution in [2.45, 2.75) is 6.54 Å². The number of nitrogens with one attached hydrogen (secondary N) is 1. The van der Waals surface area contributed by atoms with Crippen LogP contribution in [0.25, 0.3) is 0 Å². The molecule has 0 saturated carbocycles. The van der Waals surface area contributed by atoms with Gasteiger partial charge >= 0.3 is 0 Å². The minimum atomic E-state index is 0.795. The topological polar surface area (TPSA) is 21.3 Å². The van der Waals surface area contributed by atoms with Crippen LogP contribution in [0, 0.1) is 0 Å². The average Bonchev–Trinajstić information content (AvgIpc) is 2.28. The quantitative estimate of drug-likeness (QED) is 0.608. The molecule has 1 N–H and O–H groups in total. The van der Waals surface area contributed by atoms with Crippen molar-refractivity contribution in [3.8, 4) is 5.75 Å². The predicted octanol–water partition coefficient (Wildman–Crippen LogP) is 1.23. The monoisotopic (exact) mass is 155 g/mol. The maximum Gasteiger partial charge on any atom is 0.134 e. The van der Waals surface area contributed by atoms with Gasteiger partial charge in [-0.05, 0) is 5.38 Å². The van der Waals surface area contributed by atoms with E-state index in [1.807, 2.05) is 0 Å². The van der Waals surface area contributed by atoms with Gasteiger partial charge in [-0.3, -0.25) is 0 Å². The molecule has 54 valence electrons. The number of rotatable bonds is 0. The molecule has 0 saturated heterocycles. The van der Waals surface area contributed by atoms with Gasteiger partial charge in [0.1, 0.15) is 12.4 Å². The van der Waals surface area contributed by atoms with Crippen LogP contribution in [0.5, 0.6) is 5.75 Å². The zero-order chi connectivity index (χ0) is 6.81. The number of hydrogen-bond acceptors (Lipinski definition) is 3. The van der Waals surface area contributed by atoms with E-state index >= 15 is 0 Å². The van der Waals surface area contributed by atoms with Crippen LogP contribution in [0.4, 0.5) is 0 Å². The molecule has 2 nitrogen and oxygen atoms in total. The van der Waals surface area contributed by atoms with Gasteiger partial charge in [0.25, 0.3) is 0 Å². The Morgan fingerprint density at radius 2 is 2.50 bits per heavy atom. The molecular formula is C7H9NOS. The molecule has 0 bridgehead atoms. The normalized spacial score (nSPS) is 17.2. The van der Waals surface area contributed by atoms with E-state index in [1.54, 1.807) is 11.3 Å². The van der Waals surface area contributed by atoms with Gasteiger partial charge in [0.2, 0.25) is 0 Å². The fraction of sp³-hybridized carbons (Fsp3) is 0.429. The smallest absolute Gasteiger partial charge is 0.134 e. The molecule has 0 spiro atoms. The van der Waals surface area contributed by atoms with E-state index in [2.05, 4.69) is 16.1 Å². The summed E-state index contributed by atoms with van der Waals surface area (Å²) >= 11 is 1.70. The molecule has 0 fully saturated rings. The molecule has 1 aromatic rings. The lowest BCUT2D eigenvalue weighted by Gasteiger charge is -1.97. The molecule has 1 aromatic heterocycles. The zero-order valence-electron chi connectivity index (χ0n) is 5.59. The first-order valence-electron chi connectivity index (χ1n) is 3.35. The van der Waals surface area contributed by atoms with Crippen molar-refractivity contribution in [1.82, 2.24) is 5.32 Å². The van der Waals surface area contributed by atoms with Crippen molar-refractivity contribution >= 4 is 11.3 Å². The Bertz CT molecular complexity index is 201. The molecule has 0 aromatic carbocycles. The largest absolute Gasteiger partial charge is 0.491 e. The molecule has 0 unspecified atom stereocenters. The van der Waals surface area contributed by atoms with E-state index in [-0.39, 0.29) is 0 Å². The van der Waals surface area contributed by atoms with Gasteiger partial charge in [-0.15, -0.1) is 11.3 Å². The van der Waals surface area contributed by atoms with E-state index < -0.39 is 0 Å². The molecule has 1 aliphatic rings. The van der Waals surface area contributed by atoms with Crippen LogP contribution in [0.1, 0.15) is 5.56 Å². The van der Waals surface area contributed by atoms with E-state index in [0.717, 1.165) is 25.4 Å². The van der Waals surface area contributed by atoms with Gasteiger partial charge in [-0.2, -0.15) is 0 Å². The minimum Gasteiger partial charge on any atom is -0.491 e. The third-order valence-electron chi connectivity index (χ3n) is 1.55. The summed E-state index contributed by atoms with van der Waals surface area (Å²) in [5, 5.41) is 7.46. The molecule has 0 amide bonds. The first kappa shape index (κ1) is 6.19. The van der Waals surface area contributed by atoms with Gasteiger partial charge in [0.05, 0.1) is 0 Å². The molecule has 0 radical (unpaired) electrons. The standard InChI is InChI=1S/C7H9NOS/c1-2-9-7-5-10-4-6(7)3-8-1/h4-5,8H,1-3H2. The molecule has 1 aliphatic heterocycles. The van der Waals surface area contributed by atoms with Crippen molar-refractivity contribution in [1.29, 1.82) is 0 Å². The van der Waals surface area contributed by atoms with Gasteiger partial charge in [-0.25, -0.2) is 0 Å². The van der Waals surface area contributed by atoms with Crippen molar-refractivity contribution in [3.05, 3.63) is 16.3 Å². The van der Waals surface area contributed by atoms with E-state index in [4.69, 9.17) is 4.74 Å². The fourth-order valence-corrected chi connectivity index (χ4v) is 1.80. The van der Waals surface area contributed by atoms with Crippen LogP contribution in [0.2, 0.25) is 0 Å². The van der Waals surface area contributed by atoms with Gasteiger partial charge in [-0.1, -0.05) is 0 Å². The molecule has 0 atom stereocenters. The minimum absolute atomic E-state index is 0.795. The molecule has 2 rings (SSSR count). The maximum atomic E-state index is 5.44. The van der Waals surface area contributed by atoms with Crippen LogP contribution in [-0.4, -0.2) is 13.2 Å². The second kappa shape index (κ2) is 2.60. The summed E-state index contributed by atoms with van der Waals surface area (Å²) in [5.74, 6) is 1.06. The Hall–Kier alpha value is -0.540. The molecule has 10 heavy (non-hydrogen) atoms. The maximum absolute atomic E-state index is 5.44. The summed E-state index contributed by atoms with van der Waals surface area (Å²) in [7, 11) is 0. The Labute approximate surface area is 63.8 Å². The number of ether oxygens (including phenoxy) is 1. The van der Waals surface area contributed by atoms with E-state index in [0.29, 0.717) is 0 Å². The first-order chi connectivity index (χ1) is 4.97. The average molecular weight is 155 g/mol. The second-order valence-electron chi connectivity index (χ2n) is 2.29. The summed E-state index contributed by atoms with van der Waals surface area (Å²) in [4.78, 5) is 0. The molecule has 0 aliphatic carbocycles. The molecular weight excluding hydrogens is 146 g/mol. The Morgan fingerprint density at radius 3 is 3.50 bits per heavy atom. The van der Waals surface area contributed by atoms with Crippen LogP contribution in [-0.2, 0) is 6.54 Å². The Morgan fingerprint density at radius 1 is 1.50 bits per heavy atom. The van der Waals surface area contributed by atoms with Crippen molar-refractivity contribution in [2.24, 2.45) is 0 Å². The number of thiophene rings is 1. The summed E-state index contributed by atoms with van der Waals surface area (Å²) in [6.07, 6.45) is 0. The summed E-state index contributed by atoms with van der Waals surface area (Å²) in [6.45, 7) is 2.71. The third-order valence-corrected chi connectivity index (χ3v) is 2.32. The number of hydrogen-bond donors (Lipinski definition) is 1. The summed E-state index contributed by atoms with van der Waals surface area (Å²) in [5.41, 5.74) is 1.29. The fourth-order valence-electron chi connectivity index (χ4n) is 1.02. The summed E-state index contributed by atoms with van der Waals surface area (Å²) < 4.78 is 5.44. The highest BCUT2D eigenvalue weighted by Gasteiger charge is 2.07. The highest BCUT2D eigenvalue weighted by atomic mass is 32.1. The molecule has 3 heteroatoms. The van der Waals surface area contributed by atoms with E-state index in [9.17, 15) is 0 Å². The van der Waals surface area contributed by atoms with Gasteiger partial charge < -0.3 is 10.1 Å². The third kappa shape index (κ3) is 1.02. The predicted molar refractivity (Wildman–Crippen MR) is 41.5 cm³/mol. The highest BCUT2D eigenvalue weighted by molar-refractivity contribution is 7.08. The van der Waals surface area contributed by atoms with Crippen molar-refractivity contribution in [2.75, 3.05) is 13.2 Å². The van der Waals surface area contributed by atoms with Crippen molar-refractivity contribution < 1.29 is 4.74 Å². The second-order valence-corrected chi connectivity index (χ2v) is 3.03. The van der Waals surface area contributed by atoms with Crippen LogP contribution >= 0.6 is 11.3 Å². The molecule has 2 heterocycles.